The third-order valence-electron chi connectivity index (χ3n) is 2.24. The third-order valence-corrected chi connectivity index (χ3v) is 6.68. The van der Waals surface area contributed by atoms with E-state index in [1.165, 1.54) is 11.3 Å². The fraction of sp³-hybridized carbons (Fsp3) is 0.167. The number of hydrogen-bond acceptors (Lipinski definition) is 4. The maximum absolute atomic E-state index is 12.2. The lowest BCUT2D eigenvalue weighted by Crippen LogP contribution is -2.12. The Kier molecular flexibility index (Phi) is 4.94. The number of sulfonamides is 1. The minimum atomic E-state index is -3.51. The van der Waals surface area contributed by atoms with E-state index in [0.717, 1.165) is 14.4 Å². The molecule has 0 radical (unpaired) electrons. The molecule has 0 aliphatic rings. The maximum Gasteiger partial charge on any atom is 0.271 e. The van der Waals surface area contributed by atoms with E-state index in [9.17, 15) is 8.42 Å². The molecule has 2 rings (SSSR count). The number of anilines is 1. The van der Waals surface area contributed by atoms with Gasteiger partial charge in [-0.2, -0.15) is 0 Å². The third kappa shape index (κ3) is 3.75. The second-order valence-electron chi connectivity index (χ2n) is 3.59. The number of halogens is 1. The molecule has 0 amide bonds. The van der Waals surface area contributed by atoms with Gasteiger partial charge in [0.05, 0.1) is 9.47 Å². The van der Waals surface area contributed by atoms with Crippen molar-refractivity contribution in [2.45, 2.75) is 16.0 Å². The van der Waals surface area contributed by atoms with Crippen LogP contribution in [0.2, 0.25) is 0 Å². The smallest absolute Gasteiger partial charge is 0.271 e. The molecule has 0 spiro atoms. The number of thioether (sulfide) groups is 1. The van der Waals surface area contributed by atoms with Gasteiger partial charge < -0.3 is 0 Å². The predicted octanol–water partition coefficient (Wildman–Crippen LogP) is 4.42. The van der Waals surface area contributed by atoms with Gasteiger partial charge in [-0.25, -0.2) is 8.42 Å². The van der Waals surface area contributed by atoms with Crippen molar-refractivity contribution in [3.8, 4) is 0 Å². The number of hydrogen-bond donors (Lipinski definition) is 1. The molecule has 0 aliphatic heterocycles. The van der Waals surface area contributed by atoms with Crippen LogP contribution in [-0.4, -0.2) is 14.2 Å². The van der Waals surface area contributed by atoms with Crippen LogP contribution in [-0.2, 0) is 10.0 Å². The zero-order valence-corrected chi connectivity index (χ0v) is 14.1. The quantitative estimate of drug-likeness (QED) is 0.784. The van der Waals surface area contributed by atoms with Crippen molar-refractivity contribution in [3.63, 3.8) is 0 Å². The molecule has 0 aliphatic carbocycles. The molecular formula is C12H12BrNO2S3. The normalized spacial score (nSPS) is 11.5. The topological polar surface area (TPSA) is 46.2 Å². The molecule has 0 atom stereocenters. The first kappa shape index (κ1) is 14.9. The van der Waals surface area contributed by atoms with E-state index in [1.807, 2.05) is 25.1 Å². The highest BCUT2D eigenvalue weighted by Gasteiger charge is 2.17. The number of nitrogens with one attached hydrogen (secondary N) is 1. The van der Waals surface area contributed by atoms with Gasteiger partial charge >= 0.3 is 0 Å². The zero-order valence-electron chi connectivity index (χ0n) is 10.1. The van der Waals surface area contributed by atoms with E-state index < -0.39 is 10.0 Å². The summed E-state index contributed by atoms with van der Waals surface area (Å²) in [6, 6.07) is 10.7. The van der Waals surface area contributed by atoms with Crippen molar-refractivity contribution in [3.05, 3.63) is 40.2 Å². The summed E-state index contributed by atoms with van der Waals surface area (Å²) in [6.45, 7) is 2.03. The van der Waals surface area contributed by atoms with E-state index in [0.29, 0.717) is 9.90 Å². The first-order valence-electron chi connectivity index (χ1n) is 5.53. The summed E-state index contributed by atoms with van der Waals surface area (Å²) in [7, 11) is -3.51. The molecule has 2 aromatic rings. The zero-order chi connectivity index (χ0) is 13.9. The summed E-state index contributed by atoms with van der Waals surface area (Å²) in [4.78, 5) is 0.934. The van der Waals surface area contributed by atoms with E-state index in [4.69, 9.17) is 0 Å². The van der Waals surface area contributed by atoms with Crippen LogP contribution in [0.1, 0.15) is 6.92 Å². The highest BCUT2D eigenvalue weighted by atomic mass is 79.9. The van der Waals surface area contributed by atoms with Gasteiger partial charge in [0.15, 0.2) is 0 Å². The van der Waals surface area contributed by atoms with E-state index >= 15 is 0 Å². The van der Waals surface area contributed by atoms with Crippen LogP contribution in [0.3, 0.4) is 0 Å². The minimum absolute atomic E-state index is 0.302. The summed E-state index contributed by atoms with van der Waals surface area (Å²) < 4.78 is 28.2. The van der Waals surface area contributed by atoms with Crippen molar-refractivity contribution in [2.24, 2.45) is 0 Å². The van der Waals surface area contributed by atoms with Crippen LogP contribution in [0.5, 0.6) is 0 Å². The molecule has 0 bridgehead atoms. The molecule has 102 valence electrons. The van der Waals surface area contributed by atoms with E-state index in [2.05, 4.69) is 20.7 Å². The Balaban J connectivity index is 2.30. The predicted molar refractivity (Wildman–Crippen MR) is 85.7 cm³/mol. The molecule has 0 fully saturated rings. The van der Waals surface area contributed by atoms with Crippen LogP contribution in [0, 0.1) is 0 Å². The number of rotatable bonds is 5. The highest BCUT2D eigenvalue weighted by molar-refractivity contribution is 9.11. The molecule has 3 nitrogen and oxygen atoms in total. The Morgan fingerprint density at radius 1 is 1.26 bits per heavy atom. The Labute approximate surface area is 129 Å². The van der Waals surface area contributed by atoms with Gasteiger partial charge in [-0.05, 0) is 45.9 Å². The molecule has 1 aromatic carbocycles. The Morgan fingerprint density at radius 2 is 2.00 bits per heavy atom. The molecular weight excluding hydrogens is 366 g/mol. The lowest BCUT2D eigenvalue weighted by atomic mass is 10.3. The van der Waals surface area contributed by atoms with Gasteiger partial charge in [-0.15, -0.1) is 23.1 Å². The summed E-state index contributed by atoms with van der Waals surface area (Å²) in [5, 5.41) is 0. The number of para-hydroxylation sites is 1. The van der Waals surface area contributed by atoms with Crippen LogP contribution in [0.25, 0.3) is 0 Å². The lowest BCUT2D eigenvalue weighted by molar-refractivity contribution is 0.603. The molecule has 1 aromatic heterocycles. The molecule has 7 heteroatoms. The van der Waals surface area contributed by atoms with Gasteiger partial charge in [-0.3, -0.25) is 4.72 Å². The van der Waals surface area contributed by atoms with Gasteiger partial charge in [-0.1, -0.05) is 19.1 Å². The fourth-order valence-corrected chi connectivity index (χ4v) is 5.38. The average Bonchev–Trinajstić information content (AvgIpc) is 2.79. The molecule has 1 N–H and O–H groups in total. The Hall–Kier alpha value is -0.500. The molecule has 0 saturated carbocycles. The van der Waals surface area contributed by atoms with Crippen LogP contribution >= 0.6 is 39.0 Å². The molecule has 0 unspecified atom stereocenters. The maximum atomic E-state index is 12.2. The summed E-state index contributed by atoms with van der Waals surface area (Å²) in [5.41, 5.74) is 0.624. The minimum Gasteiger partial charge on any atom is -0.278 e. The van der Waals surface area contributed by atoms with Gasteiger partial charge in [0.2, 0.25) is 0 Å². The highest BCUT2D eigenvalue weighted by Crippen LogP contribution is 2.31. The van der Waals surface area contributed by atoms with Crippen LogP contribution < -0.4 is 4.72 Å². The summed E-state index contributed by atoms with van der Waals surface area (Å²) in [6.07, 6.45) is 0. The largest absolute Gasteiger partial charge is 0.278 e. The monoisotopic (exact) mass is 377 g/mol. The lowest BCUT2D eigenvalue weighted by Gasteiger charge is -2.10. The standard InChI is InChI=1S/C12H12BrNO2S3/c1-2-17-10-6-4-3-5-9(10)14-19(15,16)12-8-7-11(13)18-12/h3-8,14H,2H2,1H3. The second-order valence-corrected chi connectivity index (χ2v) is 9.27. The SMILES string of the molecule is CCSc1ccccc1NS(=O)(=O)c1ccc(Br)s1. The summed E-state index contributed by atoms with van der Waals surface area (Å²) in [5.74, 6) is 0.892. The number of benzene rings is 1. The fourth-order valence-electron chi connectivity index (χ4n) is 1.47. The number of thiophene rings is 1. The van der Waals surface area contributed by atoms with E-state index in [1.54, 1.807) is 30.0 Å². The molecule has 0 saturated heterocycles. The van der Waals surface area contributed by atoms with Crippen molar-refractivity contribution in [1.29, 1.82) is 0 Å². The Bertz CT molecular complexity index is 667. The first-order valence-corrected chi connectivity index (χ1v) is 9.61. The van der Waals surface area contributed by atoms with Crippen molar-refractivity contribution in [1.82, 2.24) is 0 Å². The Morgan fingerprint density at radius 3 is 2.63 bits per heavy atom. The van der Waals surface area contributed by atoms with Crippen molar-refractivity contribution in [2.75, 3.05) is 10.5 Å². The molecule has 19 heavy (non-hydrogen) atoms. The van der Waals surface area contributed by atoms with Crippen molar-refractivity contribution >= 4 is 54.7 Å². The van der Waals surface area contributed by atoms with Gasteiger partial charge in [0.25, 0.3) is 10.0 Å². The van der Waals surface area contributed by atoms with Crippen LogP contribution in [0.4, 0.5) is 5.69 Å². The summed E-state index contributed by atoms with van der Waals surface area (Å²) >= 11 is 6.07. The van der Waals surface area contributed by atoms with Gasteiger partial charge in [0, 0.05) is 4.90 Å². The van der Waals surface area contributed by atoms with Crippen LogP contribution in [0.15, 0.2) is 49.3 Å². The molecule has 1 heterocycles. The van der Waals surface area contributed by atoms with Gasteiger partial charge in [0.1, 0.15) is 4.21 Å². The van der Waals surface area contributed by atoms with E-state index in [-0.39, 0.29) is 0 Å². The second kappa shape index (κ2) is 6.30. The first-order chi connectivity index (χ1) is 9.03. The van der Waals surface area contributed by atoms with Crippen molar-refractivity contribution < 1.29 is 8.42 Å². The average molecular weight is 378 g/mol.